The Labute approximate surface area is 106 Å². The van der Waals surface area contributed by atoms with Crippen molar-refractivity contribution in [1.82, 2.24) is 0 Å². The first-order valence-electron chi connectivity index (χ1n) is 4.92. The van der Waals surface area contributed by atoms with Crippen LogP contribution in [0.25, 0.3) is 0 Å². The molecule has 0 amide bonds. The van der Waals surface area contributed by atoms with E-state index in [0.717, 1.165) is 10.6 Å². The molecule has 2 nitrogen and oxygen atoms in total. The molecule has 0 heterocycles. The fraction of sp³-hybridized carbons (Fsp3) is 0.455. The lowest BCUT2D eigenvalue weighted by atomic mass is 10.3. The molecule has 0 aromatic heterocycles. The number of sulfone groups is 1. The summed E-state index contributed by atoms with van der Waals surface area (Å²) in [5, 5.41) is 0. The molecular weight excluding hydrogens is 264 g/mol. The van der Waals surface area contributed by atoms with E-state index < -0.39 is 9.84 Å². The first kappa shape index (κ1) is 13.9. The highest BCUT2D eigenvalue weighted by atomic mass is 35.5. The van der Waals surface area contributed by atoms with Crippen LogP contribution >= 0.6 is 23.4 Å². The summed E-state index contributed by atoms with van der Waals surface area (Å²) < 4.78 is 22.5. The van der Waals surface area contributed by atoms with Gasteiger partial charge in [0.25, 0.3) is 0 Å². The highest BCUT2D eigenvalue weighted by Gasteiger charge is 2.07. The maximum absolute atomic E-state index is 11.2. The van der Waals surface area contributed by atoms with E-state index in [-0.39, 0.29) is 0 Å². The van der Waals surface area contributed by atoms with Gasteiger partial charge in [-0.3, -0.25) is 0 Å². The van der Waals surface area contributed by atoms with Crippen LogP contribution in [0.2, 0.25) is 0 Å². The van der Waals surface area contributed by atoms with Crippen molar-refractivity contribution >= 4 is 33.2 Å². The standard InChI is InChI=1S/C11H15ClO2S2/c1-9(7-12)8-15-10-3-5-11(6-4-10)16(2,13)14/h3-6,9H,7-8H2,1-2H3. The normalized spacial score (nSPS) is 13.7. The summed E-state index contributed by atoms with van der Waals surface area (Å²) in [4.78, 5) is 1.44. The SMILES string of the molecule is CC(CCl)CSc1ccc(S(C)(=O)=O)cc1. The van der Waals surface area contributed by atoms with Gasteiger partial charge >= 0.3 is 0 Å². The van der Waals surface area contributed by atoms with Crippen LogP contribution in [0.1, 0.15) is 6.92 Å². The Morgan fingerprint density at radius 3 is 2.31 bits per heavy atom. The monoisotopic (exact) mass is 278 g/mol. The second-order valence-corrected chi connectivity index (χ2v) is 7.23. The first-order chi connectivity index (χ1) is 7.43. The largest absolute Gasteiger partial charge is 0.224 e. The lowest BCUT2D eigenvalue weighted by molar-refractivity contribution is 0.602. The average molecular weight is 279 g/mol. The number of hydrogen-bond donors (Lipinski definition) is 0. The summed E-state index contributed by atoms with van der Waals surface area (Å²) in [7, 11) is -3.09. The van der Waals surface area contributed by atoms with Gasteiger partial charge in [-0.2, -0.15) is 0 Å². The van der Waals surface area contributed by atoms with Crippen LogP contribution in [0.5, 0.6) is 0 Å². The number of thioether (sulfide) groups is 1. The second kappa shape index (κ2) is 5.94. The van der Waals surface area contributed by atoms with Gasteiger partial charge in [-0.25, -0.2) is 8.42 Å². The zero-order valence-electron chi connectivity index (χ0n) is 9.31. The molecule has 1 aromatic rings. The Morgan fingerprint density at radius 2 is 1.88 bits per heavy atom. The zero-order valence-corrected chi connectivity index (χ0v) is 11.7. The van der Waals surface area contributed by atoms with Gasteiger partial charge < -0.3 is 0 Å². The third-order valence-electron chi connectivity index (χ3n) is 2.05. The van der Waals surface area contributed by atoms with Gasteiger partial charge in [0.05, 0.1) is 4.90 Å². The zero-order chi connectivity index (χ0) is 12.2. The van der Waals surface area contributed by atoms with Crippen LogP contribution in [0.15, 0.2) is 34.1 Å². The maximum atomic E-state index is 11.2. The number of benzene rings is 1. The molecule has 0 saturated heterocycles. The molecule has 0 fully saturated rings. The van der Waals surface area contributed by atoms with E-state index in [2.05, 4.69) is 6.92 Å². The van der Waals surface area contributed by atoms with Gasteiger partial charge in [0.2, 0.25) is 0 Å². The van der Waals surface area contributed by atoms with Gasteiger partial charge in [0, 0.05) is 22.8 Å². The van der Waals surface area contributed by atoms with E-state index in [1.807, 2.05) is 12.1 Å². The third kappa shape index (κ3) is 4.36. The smallest absolute Gasteiger partial charge is 0.175 e. The molecule has 5 heteroatoms. The van der Waals surface area contributed by atoms with Gasteiger partial charge in [-0.1, -0.05) is 6.92 Å². The summed E-state index contributed by atoms with van der Waals surface area (Å²) in [6.07, 6.45) is 1.21. The van der Waals surface area contributed by atoms with E-state index >= 15 is 0 Å². The van der Waals surface area contributed by atoms with Gasteiger partial charge in [0.1, 0.15) is 0 Å². The first-order valence-corrected chi connectivity index (χ1v) is 8.33. The average Bonchev–Trinajstić information content (AvgIpc) is 2.25. The van der Waals surface area contributed by atoms with Gasteiger partial charge in [-0.15, -0.1) is 23.4 Å². The molecule has 0 aliphatic carbocycles. The minimum absolute atomic E-state index is 0.363. The molecule has 0 aliphatic rings. The molecule has 0 aliphatic heterocycles. The van der Waals surface area contributed by atoms with Crippen LogP contribution in [0.4, 0.5) is 0 Å². The molecule has 1 atom stereocenters. The van der Waals surface area contributed by atoms with E-state index in [1.54, 1.807) is 23.9 Å². The second-order valence-electron chi connectivity index (χ2n) is 3.81. The van der Waals surface area contributed by atoms with Crippen LogP contribution < -0.4 is 0 Å². The number of rotatable bonds is 5. The van der Waals surface area contributed by atoms with Crippen molar-refractivity contribution in [3.05, 3.63) is 24.3 Å². The fourth-order valence-corrected chi connectivity index (χ4v) is 2.86. The Morgan fingerprint density at radius 1 is 1.31 bits per heavy atom. The molecule has 0 bridgehead atoms. The highest BCUT2D eigenvalue weighted by molar-refractivity contribution is 7.99. The lowest BCUT2D eigenvalue weighted by Gasteiger charge is -2.07. The lowest BCUT2D eigenvalue weighted by Crippen LogP contribution is -1.99. The summed E-state index contributed by atoms with van der Waals surface area (Å²) in [6, 6.07) is 6.95. The fourth-order valence-electron chi connectivity index (χ4n) is 1.07. The van der Waals surface area contributed by atoms with E-state index in [4.69, 9.17) is 11.6 Å². The Kier molecular flexibility index (Phi) is 5.15. The van der Waals surface area contributed by atoms with Crippen molar-refractivity contribution in [2.45, 2.75) is 16.7 Å². The maximum Gasteiger partial charge on any atom is 0.175 e. The summed E-state index contributed by atoms with van der Waals surface area (Å²) >= 11 is 7.40. The Bertz CT molecular complexity index is 426. The number of halogens is 1. The van der Waals surface area contributed by atoms with Crippen LogP contribution in [-0.2, 0) is 9.84 Å². The summed E-state index contributed by atoms with van der Waals surface area (Å²) in [5.74, 6) is 2.05. The molecule has 1 aromatic carbocycles. The Balaban J connectivity index is 2.66. The molecule has 0 N–H and O–H groups in total. The number of alkyl halides is 1. The molecule has 0 spiro atoms. The van der Waals surface area contributed by atoms with E-state index in [9.17, 15) is 8.42 Å². The predicted molar refractivity (Wildman–Crippen MR) is 70.2 cm³/mol. The van der Waals surface area contributed by atoms with Crippen molar-refractivity contribution in [1.29, 1.82) is 0 Å². The third-order valence-corrected chi connectivity index (χ3v) is 5.05. The van der Waals surface area contributed by atoms with Crippen molar-refractivity contribution in [2.75, 3.05) is 17.9 Å². The van der Waals surface area contributed by atoms with E-state index in [1.165, 1.54) is 6.26 Å². The van der Waals surface area contributed by atoms with Crippen LogP contribution in [0, 0.1) is 5.92 Å². The minimum atomic E-state index is -3.09. The quantitative estimate of drug-likeness (QED) is 0.613. The molecule has 1 rings (SSSR count). The van der Waals surface area contributed by atoms with Crippen molar-refractivity contribution < 1.29 is 8.42 Å². The van der Waals surface area contributed by atoms with Crippen molar-refractivity contribution in [2.24, 2.45) is 5.92 Å². The summed E-state index contributed by atoms with van der Waals surface area (Å²) in [6.45, 7) is 2.09. The molecule has 16 heavy (non-hydrogen) atoms. The molecule has 90 valence electrons. The van der Waals surface area contributed by atoms with Crippen molar-refractivity contribution in [3.8, 4) is 0 Å². The molecule has 1 unspecified atom stereocenters. The van der Waals surface area contributed by atoms with Gasteiger partial charge in [0.15, 0.2) is 9.84 Å². The highest BCUT2D eigenvalue weighted by Crippen LogP contribution is 2.22. The van der Waals surface area contributed by atoms with Gasteiger partial charge in [-0.05, 0) is 30.2 Å². The molecule has 0 saturated carbocycles. The summed E-state index contributed by atoms with van der Waals surface area (Å²) in [5.41, 5.74) is 0. The van der Waals surface area contributed by atoms with Crippen LogP contribution in [0.3, 0.4) is 0 Å². The Hall–Kier alpha value is -0.190. The molecule has 0 radical (unpaired) electrons. The topological polar surface area (TPSA) is 34.1 Å². The molecular formula is C11H15ClO2S2. The number of hydrogen-bond acceptors (Lipinski definition) is 3. The van der Waals surface area contributed by atoms with Crippen LogP contribution in [-0.4, -0.2) is 26.3 Å². The van der Waals surface area contributed by atoms with Crippen molar-refractivity contribution in [3.63, 3.8) is 0 Å². The predicted octanol–water partition coefficient (Wildman–Crippen LogP) is 3.06. The van der Waals surface area contributed by atoms with E-state index in [0.29, 0.717) is 16.7 Å². The minimum Gasteiger partial charge on any atom is -0.224 e.